The van der Waals surface area contributed by atoms with E-state index in [-0.39, 0.29) is 5.97 Å². The maximum absolute atomic E-state index is 12.0. The van der Waals surface area contributed by atoms with Crippen LogP contribution in [0.3, 0.4) is 0 Å². The van der Waals surface area contributed by atoms with E-state index in [4.69, 9.17) is 4.74 Å². The van der Waals surface area contributed by atoms with Gasteiger partial charge in [0.15, 0.2) is 0 Å². The van der Waals surface area contributed by atoms with E-state index >= 15 is 0 Å². The lowest BCUT2D eigenvalue weighted by molar-refractivity contribution is -0.149. The predicted molar refractivity (Wildman–Crippen MR) is 73.6 cm³/mol. The summed E-state index contributed by atoms with van der Waals surface area (Å²) in [6, 6.07) is 0.612. The Morgan fingerprint density at radius 3 is 2.72 bits per heavy atom. The molecule has 0 aliphatic carbocycles. The van der Waals surface area contributed by atoms with Crippen LogP contribution in [0.25, 0.3) is 0 Å². The zero-order chi connectivity index (χ0) is 13.6. The summed E-state index contributed by atoms with van der Waals surface area (Å²) >= 11 is 0. The van der Waals surface area contributed by atoms with E-state index in [1.54, 1.807) is 0 Å². The van der Waals surface area contributed by atoms with E-state index in [1.165, 1.54) is 26.4 Å². The quantitative estimate of drug-likeness (QED) is 0.736. The number of carbonyl (C=O) groups excluding carboxylic acids is 1. The Balaban J connectivity index is 2.72. The molecular weight excluding hydrogens is 228 g/mol. The molecule has 1 rings (SSSR count). The fourth-order valence-corrected chi connectivity index (χ4v) is 2.94. The van der Waals surface area contributed by atoms with E-state index in [1.807, 2.05) is 13.8 Å². The highest BCUT2D eigenvalue weighted by Gasteiger charge is 2.37. The minimum absolute atomic E-state index is 0.162. The fraction of sp³-hybridized carbons (Fsp3) is 0.929. The van der Waals surface area contributed by atoms with Crippen molar-refractivity contribution < 1.29 is 9.53 Å². The molecule has 0 spiro atoms. The highest BCUT2D eigenvalue weighted by molar-refractivity contribution is 5.80. The summed E-state index contributed by atoms with van der Waals surface area (Å²) < 4.78 is 4.95. The minimum atomic E-state index is -0.589. The molecule has 0 aromatic heterocycles. The molecule has 18 heavy (non-hydrogen) atoms. The van der Waals surface area contributed by atoms with Gasteiger partial charge >= 0.3 is 5.97 Å². The number of rotatable bonds is 6. The van der Waals surface area contributed by atoms with Gasteiger partial charge in [0, 0.05) is 12.6 Å². The molecule has 2 atom stereocenters. The number of carbonyl (C=O) groups is 1. The van der Waals surface area contributed by atoms with Gasteiger partial charge in [-0.25, -0.2) is 0 Å². The molecule has 0 radical (unpaired) electrons. The second-order valence-corrected chi connectivity index (χ2v) is 5.38. The molecule has 4 nitrogen and oxygen atoms in total. The van der Waals surface area contributed by atoms with E-state index in [0.717, 1.165) is 26.1 Å². The predicted octanol–water partition coefficient (Wildman–Crippen LogP) is 1.79. The zero-order valence-corrected chi connectivity index (χ0v) is 12.3. The lowest BCUT2D eigenvalue weighted by Gasteiger charge is -2.40. The first-order valence-corrected chi connectivity index (χ1v) is 7.14. The summed E-state index contributed by atoms with van der Waals surface area (Å²) in [6.45, 7) is 8.81. The van der Waals surface area contributed by atoms with Gasteiger partial charge in [0.1, 0.15) is 5.54 Å². The number of likely N-dealkylation sites (N-methyl/N-ethyl adjacent to an activating group) is 1. The van der Waals surface area contributed by atoms with Crippen LogP contribution in [-0.4, -0.2) is 49.2 Å². The van der Waals surface area contributed by atoms with E-state index in [2.05, 4.69) is 17.1 Å². The standard InChI is InChI=1S/C14H28N2O2/c1-5-12-9-7-8-10-16(12)11-14(3,15-6-2)13(17)18-4/h12,15H,5-11H2,1-4H3. The van der Waals surface area contributed by atoms with Crippen LogP contribution in [-0.2, 0) is 9.53 Å². The van der Waals surface area contributed by atoms with Gasteiger partial charge in [-0.05, 0) is 39.3 Å². The molecule has 0 saturated carbocycles. The second kappa shape index (κ2) is 7.10. The van der Waals surface area contributed by atoms with Crippen LogP contribution in [0, 0.1) is 0 Å². The molecule has 1 aliphatic heterocycles. The highest BCUT2D eigenvalue weighted by atomic mass is 16.5. The Kier molecular flexibility index (Phi) is 6.09. The molecule has 1 N–H and O–H groups in total. The third-order valence-corrected chi connectivity index (χ3v) is 3.94. The van der Waals surface area contributed by atoms with E-state index in [9.17, 15) is 4.79 Å². The van der Waals surface area contributed by atoms with Crippen molar-refractivity contribution in [2.75, 3.05) is 26.7 Å². The first-order chi connectivity index (χ1) is 8.57. The SMILES string of the molecule is CCNC(C)(CN1CCCCC1CC)C(=O)OC. The Morgan fingerprint density at radius 1 is 1.44 bits per heavy atom. The van der Waals surface area contributed by atoms with Gasteiger partial charge in [0.05, 0.1) is 7.11 Å². The van der Waals surface area contributed by atoms with Crippen molar-refractivity contribution in [3.05, 3.63) is 0 Å². The number of nitrogens with one attached hydrogen (secondary N) is 1. The summed E-state index contributed by atoms with van der Waals surface area (Å²) in [6.07, 6.45) is 4.95. The van der Waals surface area contributed by atoms with E-state index < -0.39 is 5.54 Å². The first kappa shape index (κ1) is 15.4. The lowest BCUT2D eigenvalue weighted by Crippen LogP contribution is -2.59. The van der Waals surface area contributed by atoms with Crippen LogP contribution in [0.4, 0.5) is 0 Å². The maximum atomic E-state index is 12.0. The molecule has 0 amide bonds. The number of nitrogens with zero attached hydrogens (tertiary/aromatic N) is 1. The Bertz CT molecular complexity index is 271. The summed E-state index contributed by atoms with van der Waals surface area (Å²) in [5.74, 6) is -0.162. The Labute approximate surface area is 111 Å². The maximum Gasteiger partial charge on any atom is 0.327 e. The van der Waals surface area contributed by atoms with Crippen LogP contribution in [0.1, 0.15) is 46.5 Å². The summed E-state index contributed by atoms with van der Waals surface area (Å²) in [7, 11) is 1.46. The molecule has 106 valence electrons. The molecule has 0 aromatic carbocycles. The molecule has 1 saturated heterocycles. The number of methoxy groups -OCH3 is 1. The Morgan fingerprint density at radius 2 is 2.17 bits per heavy atom. The first-order valence-electron chi connectivity index (χ1n) is 7.14. The van der Waals surface area contributed by atoms with Crippen LogP contribution in [0.15, 0.2) is 0 Å². The van der Waals surface area contributed by atoms with Crippen LogP contribution >= 0.6 is 0 Å². The minimum Gasteiger partial charge on any atom is -0.468 e. The van der Waals surface area contributed by atoms with Gasteiger partial charge < -0.3 is 10.1 Å². The van der Waals surface area contributed by atoms with Crippen molar-refractivity contribution in [3.63, 3.8) is 0 Å². The van der Waals surface area contributed by atoms with Crippen LogP contribution in [0.2, 0.25) is 0 Å². The van der Waals surface area contributed by atoms with Gasteiger partial charge in [-0.3, -0.25) is 9.69 Å². The van der Waals surface area contributed by atoms with Crippen molar-refractivity contribution in [1.29, 1.82) is 0 Å². The average molecular weight is 256 g/mol. The lowest BCUT2D eigenvalue weighted by atomic mass is 9.95. The van der Waals surface area contributed by atoms with Crippen molar-refractivity contribution in [2.45, 2.75) is 58.0 Å². The summed E-state index contributed by atoms with van der Waals surface area (Å²) in [5.41, 5.74) is -0.589. The fourth-order valence-electron chi connectivity index (χ4n) is 2.94. The van der Waals surface area contributed by atoms with Gasteiger partial charge in [-0.1, -0.05) is 20.3 Å². The summed E-state index contributed by atoms with van der Waals surface area (Å²) in [4.78, 5) is 14.4. The number of hydrogen-bond donors (Lipinski definition) is 1. The molecular formula is C14H28N2O2. The number of hydrogen-bond acceptors (Lipinski definition) is 4. The zero-order valence-electron chi connectivity index (χ0n) is 12.3. The third-order valence-electron chi connectivity index (χ3n) is 3.94. The van der Waals surface area contributed by atoms with Gasteiger partial charge in [-0.15, -0.1) is 0 Å². The number of ether oxygens (including phenoxy) is 1. The van der Waals surface area contributed by atoms with Crippen molar-refractivity contribution in [2.24, 2.45) is 0 Å². The van der Waals surface area contributed by atoms with Gasteiger partial charge in [0.2, 0.25) is 0 Å². The number of likely N-dealkylation sites (tertiary alicyclic amines) is 1. The molecule has 4 heteroatoms. The van der Waals surface area contributed by atoms with Gasteiger partial charge in [-0.2, -0.15) is 0 Å². The van der Waals surface area contributed by atoms with Crippen LogP contribution < -0.4 is 5.32 Å². The normalized spacial score (nSPS) is 24.6. The van der Waals surface area contributed by atoms with Crippen molar-refractivity contribution in [1.82, 2.24) is 10.2 Å². The highest BCUT2D eigenvalue weighted by Crippen LogP contribution is 2.22. The number of piperidine rings is 1. The molecule has 2 unspecified atom stereocenters. The van der Waals surface area contributed by atoms with Gasteiger partial charge in [0.25, 0.3) is 0 Å². The smallest absolute Gasteiger partial charge is 0.327 e. The largest absolute Gasteiger partial charge is 0.468 e. The topological polar surface area (TPSA) is 41.6 Å². The molecule has 1 fully saturated rings. The molecule has 0 bridgehead atoms. The number of esters is 1. The average Bonchev–Trinajstić information content (AvgIpc) is 2.38. The van der Waals surface area contributed by atoms with Crippen molar-refractivity contribution >= 4 is 5.97 Å². The van der Waals surface area contributed by atoms with Crippen LogP contribution in [0.5, 0.6) is 0 Å². The monoisotopic (exact) mass is 256 g/mol. The molecule has 1 aliphatic rings. The summed E-state index contributed by atoms with van der Waals surface area (Å²) in [5, 5.41) is 3.29. The molecule has 0 aromatic rings. The van der Waals surface area contributed by atoms with E-state index in [0.29, 0.717) is 6.04 Å². The molecule has 1 heterocycles. The van der Waals surface area contributed by atoms with Crippen molar-refractivity contribution in [3.8, 4) is 0 Å². The Hall–Kier alpha value is -0.610. The second-order valence-electron chi connectivity index (χ2n) is 5.38. The third kappa shape index (κ3) is 3.69.